The highest BCUT2D eigenvalue weighted by Crippen LogP contribution is 2.40. The van der Waals surface area contributed by atoms with E-state index in [0.29, 0.717) is 24.4 Å². The number of nitrogens with one attached hydrogen (secondary N) is 1. The monoisotopic (exact) mass is 447 g/mol. The zero-order valence-electron chi connectivity index (χ0n) is 17.5. The van der Waals surface area contributed by atoms with E-state index in [-0.39, 0.29) is 18.3 Å². The van der Waals surface area contributed by atoms with Crippen LogP contribution in [-0.2, 0) is 4.79 Å². The van der Waals surface area contributed by atoms with Crippen molar-refractivity contribution < 1.29 is 32.4 Å². The summed E-state index contributed by atoms with van der Waals surface area (Å²) < 4.78 is 15.4. The summed E-state index contributed by atoms with van der Waals surface area (Å²) in [6.07, 6.45) is 2.21. The predicted molar refractivity (Wildman–Crippen MR) is 117 cm³/mol. The molecule has 160 valence electrons. The number of carbonyl (C=O) groups excluding carboxylic acids is 1. The zero-order chi connectivity index (χ0) is 21.0. The first-order chi connectivity index (χ1) is 14.0. The van der Waals surface area contributed by atoms with Gasteiger partial charge in [0, 0.05) is 11.8 Å². The van der Waals surface area contributed by atoms with E-state index in [1.807, 2.05) is 30.5 Å². The van der Waals surface area contributed by atoms with Gasteiger partial charge < -0.3 is 32.9 Å². The highest BCUT2D eigenvalue weighted by Gasteiger charge is 2.16. The maximum atomic E-state index is 12.1. The van der Waals surface area contributed by atoms with Crippen LogP contribution < -0.4 is 32.9 Å². The van der Waals surface area contributed by atoms with Gasteiger partial charge in [0.1, 0.15) is 11.5 Å². The molecule has 0 aliphatic rings. The normalized spacial score (nSPS) is 10.3. The van der Waals surface area contributed by atoms with Gasteiger partial charge in [-0.2, -0.15) is 4.37 Å². The predicted octanol–water partition coefficient (Wildman–Crippen LogP) is 0.686. The number of nitrogens with zero attached hydrogens (tertiary/aromatic N) is 1. The Morgan fingerprint density at radius 2 is 1.83 bits per heavy atom. The zero-order valence-corrected chi connectivity index (χ0v) is 19.1. The molecule has 1 aromatic heterocycles. The minimum Gasteiger partial charge on any atom is -1.00 e. The lowest BCUT2D eigenvalue weighted by atomic mass is 9.99. The molecular formula is C22H26ClN3O3S. The van der Waals surface area contributed by atoms with E-state index in [2.05, 4.69) is 35.3 Å². The van der Waals surface area contributed by atoms with Crippen LogP contribution in [0.5, 0.6) is 11.5 Å². The van der Waals surface area contributed by atoms with Crippen molar-refractivity contribution in [1.29, 1.82) is 0 Å². The fraction of sp³-hybridized carbons (Fsp3) is 0.273. The number of anilines is 1. The van der Waals surface area contributed by atoms with Crippen molar-refractivity contribution in [3.63, 3.8) is 0 Å². The van der Waals surface area contributed by atoms with Crippen molar-refractivity contribution in [1.82, 2.24) is 4.37 Å². The van der Waals surface area contributed by atoms with Gasteiger partial charge in [0.05, 0.1) is 37.7 Å². The second kappa shape index (κ2) is 10.4. The number of carbonyl (C=O) groups is 1. The molecule has 3 rings (SSSR count). The van der Waals surface area contributed by atoms with E-state index in [4.69, 9.17) is 9.47 Å². The number of quaternary nitrogens is 1. The topological polar surface area (TPSA) is 88.1 Å². The molecular weight excluding hydrogens is 422 g/mol. The van der Waals surface area contributed by atoms with Crippen LogP contribution in [-0.4, -0.2) is 31.0 Å². The molecule has 1 heterocycles. The molecule has 0 aliphatic heterocycles. The van der Waals surface area contributed by atoms with Crippen molar-refractivity contribution in [2.45, 2.75) is 20.3 Å². The average Bonchev–Trinajstić information content (AvgIpc) is 3.20. The summed E-state index contributed by atoms with van der Waals surface area (Å²) in [5.41, 5.74) is 9.66. The number of ether oxygens (including phenoxy) is 2. The summed E-state index contributed by atoms with van der Waals surface area (Å²) in [4.78, 5) is 13.1. The Morgan fingerprint density at radius 3 is 2.50 bits per heavy atom. The molecule has 8 heteroatoms. The summed E-state index contributed by atoms with van der Waals surface area (Å²) in [6.45, 7) is 4.67. The Balaban J connectivity index is 0.00000320. The van der Waals surface area contributed by atoms with E-state index in [1.54, 1.807) is 14.2 Å². The molecule has 2 aromatic carbocycles. The Hall–Kier alpha value is -2.61. The first-order valence-corrected chi connectivity index (χ1v) is 10.1. The van der Waals surface area contributed by atoms with E-state index >= 15 is 0 Å². The van der Waals surface area contributed by atoms with Crippen molar-refractivity contribution in [3.8, 4) is 33.1 Å². The highest BCUT2D eigenvalue weighted by atomic mass is 35.5. The van der Waals surface area contributed by atoms with Crippen molar-refractivity contribution in [2.24, 2.45) is 0 Å². The molecule has 0 bridgehead atoms. The van der Waals surface area contributed by atoms with Gasteiger partial charge in [-0.3, -0.25) is 4.79 Å². The molecule has 0 aliphatic carbocycles. The van der Waals surface area contributed by atoms with Crippen LogP contribution in [0.2, 0.25) is 0 Å². The van der Waals surface area contributed by atoms with E-state index in [0.717, 1.165) is 38.4 Å². The lowest BCUT2D eigenvalue weighted by Gasteiger charge is -2.13. The second-order valence-electron chi connectivity index (χ2n) is 6.76. The smallest absolute Gasteiger partial charge is 0.230 e. The molecule has 3 aromatic rings. The van der Waals surface area contributed by atoms with Gasteiger partial charge in [0.25, 0.3) is 0 Å². The Labute approximate surface area is 187 Å². The van der Waals surface area contributed by atoms with Crippen LogP contribution in [0.3, 0.4) is 0 Å². The minimum absolute atomic E-state index is 0. The lowest BCUT2D eigenvalue weighted by molar-refractivity contribution is -0.365. The Morgan fingerprint density at radius 1 is 1.10 bits per heavy atom. The highest BCUT2D eigenvalue weighted by molar-refractivity contribution is 7.10. The Kier molecular flexibility index (Phi) is 8.23. The van der Waals surface area contributed by atoms with Gasteiger partial charge in [0.15, 0.2) is 0 Å². The summed E-state index contributed by atoms with van der Waals surface area (Å²) >= 11 is 1.44. The van der Waals surface area contributed by atoms with Crippen LogP contribution in [0.15, 0.2) is 36.5 Å². The van der Waals surface area contributed by atoms with Gasteiger partial charge in [0.2, 0.25) is 5.91 Å². The summed E-state index contributed by atoms with van der Waals surface area (Å²) in [5, 5.41) is 2.92. The van der Waals surface area contributed by atoms with Gasteiger partial charge in [-0.15, -0.1) is 0 Å². The molecule has 0 saturated carbocycles. The molecule has 0 radical (unpaired) electrons. The largest absolute Gasteiger partial charge is 1.00 e. The number of benzene rings is 2. The van der Waals surface area contributed by atoms with Crippen LogP contribution in [0.1, 0.15) is 17.5 Å². The lowest BCUT2D eigenvalue weighted by Crippen LogP contribution is -3.00. The molecule has 0 fully saturated rings. The van der Waals surface area contributed by atoms with Gasteiger partial charge in [-0.25, -0.2) is 0 Å². The van der Waals surface area contributed by atoms with Gasteiger partial charge in [-0.1, -0.05) is 12.1 Å². The number of amides is 1. The van der Waals surface area contributed by atoms with Crippen LogP contribution >= 0.6 is 11.5 Å². The summed E-state index contributed by atoms with van der Waals surface area (Å²) in [5.74, 6) is 1.39. The molecule has 4 N–H and O–H groups in total. The molecule has 6 nitrogen and oxygen atoms in total. The number of hydrogen-bond acceptors (Lipinski definition) is 5. The maximum Gasteiger partial charge on any atom is 0.230 e. The molecule has 0 unspecified atom stereocenters. The molecule has 30 heavy (non-hydrogen) atoms. The van der Waals surface area contributed by atoms with Gasteiger partial charge in [-0.05, 0) is 65.8 Å². The van der Waals surface area contributed by atoms with E-state index < -0.39 is 0 Å². The number of rotatable bonds is 7. The third kappa shape index (κ3) is 4.92. The molecule has 0 spiro atoms. The van der Waals surface area contributed by atoms with Crippen LogP contribution in [0.4, 0.5) is 5.69 Å². The Bertz CT molecular complexity index is 1040. The summed E-state index contributed by atoms with van der Waals surface area (Å²) in [6, 6.07) is 9.94. The second-order valence-corrected chi connectivity index (χ2v) is 7.56. The number of hydrogen-bond donors (Lipinski definition) is 2. The van der Waals surface area contributed by atoms with E-state index in [9.17, 15) is 4.79 Å². The van der Waals surface area contributed by atoms with Crippen molar-refractivity contribution in [3.05, 3.63) is 47.7 Å². The molecule has 1 amide bonds. The first kappa shape index (κ1) is 23.7. The first-order valence-electron chi connectivity index (χ1n) is 9.36. The van der Waals surface area contributed by atoms with Crippen molar-refractivity contribution >= 4 is 23.1 Å². The maximum absolute atomic E-state index is 12.1. The van der Waals surface area contributed by atoms with Gasteiger partial charge >= 0.3 is 0 Å². The third-order valence-corrected chi connectivity index (χ3v) is 5.71. The summed E-state index contributed by atoms with van der Waals surface area (Å²) in [7, 11) is 3.27. The fourth-order valence-electron chi connectivity index (χ4n) is 3.17. The number of methoxy groups -OCH3 is 2. The number of aromatic nitrogens is 1. The fourth-order valence-corrected chi connectivity index (χ4v) is 3.93. The van der Waals surface area contributed by atoms with Crippen molar-refractivity contribution in [2.75, 3.05) is 26.1 Å². The average molecular weight is 448 g/mol. The standard InChI is InChI=1S/C22H25N3O3S.ClH/c1-13-9-16(11-20(28-4)14(13)2)22-17(12-24-29-22)15-5-6-19(27-3)18(10-15)25-21(26)7-8-23;/h5-6,9-12H,7-8,23H2,1-4H3,(H,25,26);1H. The number of aryl methyl sites for hydroxylation is 1. The quantitative estimate of drug-likeness (QED) is 0.557. The minimum atomic E-state index is -0.0852. The molecule has 0 atom stereocenters. The third-order valence-electron chi connectivity index (χ3n) is 4.86. The van der Waals surface area contributed by atoms with E-state index in [1.165, 1.54) is 11.5 Å². The van der Waals surface area contributed by atoms with Crippen LogP contribution in [0, 0.1) is 13.8 Å². The van der Waals surface area contributed by atoms with Crippen LogP contribution in [0.25, 0.3) is 21.6 Å². The number of halogens is 1. The SMILES string of the molecule is COc1ccc(-c2cnsc2-c2cc(C)c(C)c(OC)c2)cc1NC(=O)CC[NH3+].[Cl-]. The molecule has 0 saturated heterocycles.